The van der Waals surface area contributed by atoms with Crippen molar-refractivity contribution in [3.8, 4) is 6.07 Å². The van der Waals surface area contributed by atoms with Crippen LogP contribution in [0.3, 0.4) is 0 Å². The van der Waals surface area contributed by atoms with Gasteiger partial charge in [0.05, 0.1) is 16.5 Å². The minimum Gasteiger partial charge on any atom is -0.396 e. The molecule has 1 saturated carbocycles. The molecule has 0 saturated heterocycles. The van der Waals surface area contributed by atoms with Gasteiger partial charge >= 0.3 is 0 Å². The largest absolute Gasteiger partial charge is 0.396 e. The van der Waals surface area contributed by atoms with Gasteiger partial charge in [-0.25, -0.2) is 13.1 Å². The van der Waals surface area contributed by atoms with Crippen LogP contribution in [0.25, 0.3) is 0 Å². The van der Waals surface area contributed by atoms with Gasteiger partial charge in [-0.05, 0) is 37.1 Å². The first-order chi connectivity index (χ1) is 9.51. The van der Waals surface area contributed by atoms with Gasteiger partial charge in [0, 0.05) is 18.6 Å². The van der Waals surface area contributed by atoms with E-state index in [1.54, 1.807) is 0 Å². The summed E-state index contributed by atoms with van der Waals surface area (Å²) in [6, 6.07) is 7.74. The number of nitrogens with zero attached hydrogens (tertiary/aromatic N) is 1. The van der Waals surface area contributed by atoms with Gasteiger partial charge in [-0.1, -0.05) is 12.8 Å². The van der Waals surface area contributed by atoms with Crippen LogP contribution in [0.15, 0.2) is 29.2 Å². The van der Waals surface area contributed by atoms with Crippen LogP contribution in [0.4, 0.5) is 0 Å². The zero-order valence-corrected chi connectivity index (χ0v) is 12.0. The quantitative estimate of drug-likeness (QED) is 0.858. The highest BCUT2D eigenvalue weighted by molar-refractivity contribution is 7.89. The molecule has 1 aromatic carbocycles. The average molecular weight is 294 g/mol. The highest BCUT2D eigenvalue weighted by Gasteiger charge is 2.34. The molecule has 2 N–H and O–H groups in total. The van der Waals surface area contributed by atoms with Crippen molar-refractivity contribution in [1.29, 1.82) is 5.26 Å². The van der Waals surface area contributed by atoms with E-state index in [9.17, 15) is 13.5 Å². The Bertz CT molecular complexity index is 596. The molecule has 0 amide bonds. The summed E-state index contributed by atoms with van der Waals surface area (Å²) in [7, 11) is -3.59. The molecule has 108 valence electrons. The summed E-state index contributed by atoms with van der Waals surface area (Å²) in [5.74, 6) is 0. The molecule has 0 aliphatic heterocycles. The lowest BCUT2D eigenvalue weighted by Crippen LogP contribution is -2.38. The Kier molecular flexibility index (Phi) is 4.43. The van der Waals surface area contributed by atoms with Gasteiger partial charge in [-0.3, -0.25) is 0 Å². The van der Waals surface area contributed by atoms with E-state index in [0.29, 0.717) is 5.56 Å². The molecule has 2 rings (SSSR count). The third-order valence-electron chi connectivity index (χ3n) is 3.93. The van der Waals surface area contributed by atoms with Crippen molar-refractivity contribution in [3.63, 3.8) is 0 Å². The maximum atomic E-state index is 12.2. The molecule has 20 heavy (non-hydrogen) atoms. The Labute approximate surface area is 119 Å². The number of aliphatic hydroxyl groups is 1. The lowest BCUT2D eigenvalue weighted by Gasteiger charge is -2.26. The van der Waals surface area contributed by atoms with Crippen LogP contribution in [0.1, 0.15) is 31.2 Å². The number of aliphatic hydroxyl groups excluding tert-OH is 1. The van der Waals surface area contributed by atoms with Crippen molar-refractivity contribution >= 4 is 10.0 Å². The third kappa shape index (κ3) is 3.18. The van der Waals surface area contributed by atoms with E-state index in [4.69, 9.17) is 5.26 Å². The van der Waals surface area contributed by atoms with Crippen LogP contribution >= 0.6 is 0 Å². The smallest absolute Gasteiger partial charge is 0.240 e. The maximum Gasteiger partial charge on any atom is 0.240 e. The highest BCUT2D eigenvalue weighted by atomic mass is 32.2. The van der Waals surface area contributed by atoms with Gasteiger partial charge < -0.3 is 5.11 Å². The standard InChI is InChI=1S/C14H18N2O3S/c15-9-12-3-5-13(6-4-12)20(18,19)16-10-14(11-17)7-1-2-8-14/h3-6,16-17H,1-2,7-8,10-11H2. The first-order valence-electron chi connectivity index (χ1n) is 6.62. The van der Waals surface area contributed by atoms with E-state index >= 15 is 0 Å². The molecular formula is C14H18N2O3S. The Morgan fingerprint density at radius 2 is 1.85 bits per heavy atom. The summed E-state index contributed by atoms with van der Waals surface area (Å²) < 4.78 is 26.9. The molecular weight excluding hydrogens is 276 g/mol. The summed E-state index contributed by atoms with van der Waals surface area (Å²) in [6.07, 6.45) is 3.75. The second-order valence-electron chi connectivity index (χ2n) is 5.33. The number of rotatable bonds is 5. The fourth-order valence-corrected chi connectivity index (χ4v) is 3.71. The highest BCUT2D eigenvalue weighted by Crippen LogP contribution is 2.37. The van der Waals surface area contributed by atoms with Crippen LogP contribution in [0.5, 0.6) is 0 Å². The van der Waals surface area contributed by atoms with Crippen molar-refractivity contribution in [3.05, 3.63) is 29.8 Å². The molecule has 1 aliphatic carbocycles. The number of sulfonamides is 1. The Morgan fingerprint density at radius 1 is 1.25 bits per heavy atom. The monoisotopic (exact) mass is 294 g/mol. The first-order valence-corrected chi connectivity index (χ1v) is 8.10. The SMILES string of the molecule is N#Cc1ccc(S(=O)(=O)NCC2(CO)CCCC2)cc1. The minimum atomic E-state index is -3.59. The third-order valence-corrected chi connectivity index (χ3v) is 5.35. The zero-order valence-electron chi connectivity index (χ0n) is 11.2. The minimum absolute atomic E-state index is 0.00287. The lowest BCUT2D eigenvalue weighted by molar-refractivity contribution is 0.134. The van der Waals surface area contributed by atoms with Crippen LogP contribution in [0.2, 0.25) is 0 Å². The van der Waals surface area contributed by atoms with E-state index in [1.807, 2.05) is 6.07 Å². The average Bonchev–Trinajstić information content (AvgIpc) is 2.95. The number of hydrogen-bond donors (Lipinski definition) is 2. The molecule has 0 spiro atoms. The van der Waals surface area contributed by atoms with Crippen molar-refractivity contribution in [2.75, 3.05) is 13.2 Å². The molecule has 6 heteroatoms. The van der Waals surface area contributed by atoms with E-state index in [0.717, 1.165) is 25.7 Å². The maximum absolute atomic E-state index is 12.2. The number of benzene rings is 1. The molecule has 0 aromatic heterocycles. The molecule has 1 aliphatic rings. The molecule has 0 radical (unpaired) electrons. The van der Waals surface area contributed by atoms with Crippen LogP contribution in [-0.2, 0) is 10.0 Å². The van der Waals surface area contributed by atoms with Crippen LogP contribution in [0, 0.1) is 16.7 Å². The van der Waals surface area contributed by atoms with Gasteiger partial charge in [0.2, 0.25) is 10.0 Å². The van der Waals surface area contributed by atoms with Gasteiger partial charge in [0.1, 0.15) is 0 Å². The van der Waals surface area contributed by atoms with E-state index in [2.05, 4.69) is 4.72 Å². The Hall–Kier alpha value is -1.42. The molecule has 0 atom stereocenters. The summed E-state index contributed by atoms with van der Waals surface area (Å²) in [4.78, 5) is 0.141. The van der Waals surface area contributed by atoms with Crippen molar-refractivity contribution in [2.24, 2.45) is 5.41 Å². The van der Waals surface area contributed by atoms with Gasteiger partial charge in [-0.15, -0.1) is 0 Å². The van der Waals surface area contributed by atoms with Gasteiger partial charge in [-0.2, -0.15) is 5.26 Å². The summed E-state index contributed by atoms with van der Waals surface area (Å²) >= 11 is 0. The second kappa shape index (κ2) is 5.92. The fraction of sp³-hybridized carbons (Fsp3) is 0.500. The predicted octanol–water partition coefficient (Wildman–Crippen LogP) is 1.39. The van der Waals surface area contributed by atoms with E-state index in [-0.39, 0.29) is 23.5 Å². The molecule has 5 nitrogen and oxygen atoms in total. The molecule has 1 aromatic rings. The Balaban J connectivity index is 2.09. The lowest BCUT2D eigenvalue weighted by atomic mass is 9.88. The first kappa shape index (κ1) is 15.0. The van der Waals surface area contributed by atoms with Crippen molar-refractivity contribution in [1.82, 2.24) is 4.72 Å². The summed E-state index contributed by atoms with van der Waals surface area (Å²) in [6.45, 7) is 0.259. The predicted molar refractivity (Wildman–Crippen MR) is 74.3 cm³/mol. The summed E-state index contributed by atoms with van der Waals surface area (Å²) in [5, 5.41) is 18.2. The van der Waals surface area contributed by atoms with Gasteiger partial charge in [0.15, 0.2) is 0 Å². The number of hydrogen-bond acceptors (Lipinski definition) is 4. The normalized spacial score (nSPS) is 17.8. The van der Waals surface area contributed by atoms with Crippen molar-refractivity contribution < 1.29 is 13.5 Å². The molecule has 0 heterocycles. The molecule has 0 bridgehead atoms. The fourth-order valence-electron chi connectivity index (χ4n) is 2.56. The molecule has 0 unspecified atom stereocenters. The van der Waals surface area contributed by atoms with E-state index in [1.165, 1.54) is 24.3 Å². The zero-order chi connectivity index (χ0) is 14.6. The Morgan fingerprint density at radius 3 is 2.35 bits per heavy atom. The number of nitriles is 1. The van der Waals surface area contributed by atoms with Gasteiger partial charge in [0.25, 0.3) is 0 Å². The number of nitrogens with one attached hydrogen (secondary N) is 1. The van der Waals surface area contributed by atoms with E-state index < -0.39 is 10.0 Å². The van der Waals surface area contributed by atoms with Crippen molar-refractivity contribution in [2.45, 2.75) is 30.6 Å². The molecule has 1 fully saturated rings. The topological polar surface area (TPSA) is 90.2 Å². The van der Waals surface area contributed by atoms with Crippen LogP contribution < -0.4 is 4.72 Å². The summed E-state index contributed by atoms with van der Waals surface area (Å²) in [5.41, 5.74) is 0.103. The van der Waals surface area contributed by atoms with Crippen LogP contribution in [-0.4, -0.2) is 26.7 Å². The second-order valence-corrected chi connectivity index (χ2v) is 7.09.